The first kappa shape index (κ1) is 20.7. The van der Waals surface area contributed by atoms with Crippen LogP contribution in [0, 0.1) is 5.92 Å². The first-order valence-corrected chi connectivity index (χ1v) is 11.9. The van der Waals surface area contributed by atoms with E-state index in [1.165, 1.54) is 15.6 Å². The molecule has 0 spiro atoms. The average molecular weight is 448 g/mol. The third kappa shape index (κ3) is 4.30. The number of rotatable bonds is 6. The summed E-state index contributed by atoms with van der Waals surface area (Å²) in [5.74, 6) is -0.158. The number of thiophene rings is 1. The lowest BCUT2D eigenvalue weighted by Gasteiger charge is -2.30. The van der Waals surface area contributed by atoms with Crippen LogP contribution in [0.4, 0.5) is 0 Å². The number of nitrogens with zero attached hydrogens (tertiary/aromatic N) is 3. The normalized spacial score (nSPS) is 17.0. The van der Waals surface area contributed by atoms with Crippen LogP contribution in [0.25, 0.3) is 11.5 Å². The van der Waals surface area contributed by atoms with Crippen molar-refractivity contribution in [3.05, 3.63) is 53.7 Å². The Morgan fingerprint density at radius 1 is 1.17 bits per heavy atom. The third-order valence-corrected chi connectivity index (χ3v) is 8.25. The highest BCUT2D eigenvalue weighted by molar-refractivity contribution is 7.91. The van der Waals surface area contributed by atoms with Gasteiger partial charge in [-0.3, -0.25) is 4.79 Å². The zero-order chi connectivity index (χ0) is 21.1. The van der Waals surface area contributed by atoms with E-state index in [0.29, 0.717) is 22.9 Å². The van der Waals surface area contributed by atoms with E-state index in [1.807, 2.05) is 30.3 Å². The van der Waals surface area contributed by atoms with Gasteiger partial charge in [-0.1, -0.05) is 24.3 Å². The van der Waals surface area contributed by atoms with Gasteiger partial charge in [-0.05, 0) is 43.3 Å². The van der Waals surface area contributed by atoms with E-state index in [0.717, 1.165) is 5.56 Å². The fraction of sp³-hybridized carbons (Fsp3) is 0.350. The predicted molar refractivity (Wildman–Crippen MR) is 110 cm³/mol. The topological polar surface area (TPSA) is 103 Å². The number of aromatic nitrogens is 2. The minimum Gasteiger partial charge on any atom is -0.452 e. The quantitative estimate of drug-likeness (QED) is 0.533. The molecule has 0 N–H and O–H groups in total. The van der Waals surface area contributed by atoms with Crippen LogP contribution in [-0.4, -0.2) is 42.0 Å². The summed E-state index contributed by atoms with van der Waals surface area (Å²) < 4.78 is 38.1. The molecule has 0 radical (unpaired) electrons. The molecule has 3 aromatic rings. The largest absolute Gasteiger partial charge is 0.452 e. The summed E-state index contributed by atoms with van der Waals surface area (Å²) in [5.41, 5.74) is 0.786. The Balaban J connectivity index is 1.33. The van der Waals surface area contributed by atoms with Gasteiger partial charge in [0.2, 0.25) is 5.89 Å². The summed E-state index contributed by atoms with van der Waals surface area (Å²) in [6, 6.07) is 12.6. The van der Waals surface area contributed by atoms with Gasteiger partial charge in [0.15, 0.2) is 6.10 Å². The molecule has 158 valence electrons. The van der Waals surface area contributed by atoms with Gasteiger partial charge < -0.3 is 9.15 Å². The maximum absolute atomic E-state index is 12.6. The predicted octanol–water partition coefficient (Wildman–Crippen LogP) is 3.50. The molecule has 1 aliphatic heterocycles. The van der Waals surface area contributed by atoms with Gasteiger partial charge in [0, 0.05) is 18.7 Å². The minimum atomic E-state index is -3.49. The van der Waals surface area contributed by atoms with Gasteiger partial charge in [-0.25, -0.2) is 8.42 Å². The number of benzene rings is 1. The van der Waals surface area contributed by atoms with Crippen LogP contribution in [-0.2, 0) is 19.6 Å². The molecule has 10 heteroatoms. The molecule has 2 aromatic heterocycles. The summed E-state index contributed by atoms with van der Waals surface area (Å²) in [7, 11) is -3.49. The van der Waals surface area contributed by atoms with Crippen LogP contribution < -0.4 is 0 Å². The Morgan fingerprint density at radius 2 is 1.90 bits per heavy atom. The van der Waals surface area contributed by atoms with Gasteiger partial charge in [-0.15, -0.1) is 21.5 Å². The van der Waals surface area contributed by atoms with Gasteiger partial charge in [-0.2, -0.15) is 4.31 Å². The third-order valence-electron chi connectivity index (χ3n) is 4.98. The van der Waals surface area contributed by atoms with E-state index >= 15 is 0 Å². The Bertz CT molecular complexity index is 1090. The number of sulfonamides is 1. The highest BCUT2D eigenvalue weighted by Gasteiger charge is 2.34. The molecule has 0 saturated carbocycles. The van der Waals surface area contributed by atoms with Crippen molar-refractivity contribution in [2.24, 2.45) is 5.92 Å². The molecule has 30 heavy (non-hydrogen) atoms. The molecule has 0 aliphatic carbocycles. The maximum Gasteiger partial charge on any atom is 0.309 e. The molecule has 1 aromatic carbocycles. The molecule has 4 rings (SSSR count). The monoisotopic (exact) mass is 447 g/mol. The maximum atomic E-state index is 12.6. The second kappa shape index (κ2) is 8.66. The van der Waals surface area contributed by atoms with E-state index < -0.39 is 16.1 Å². The molecule has 1 atom stereocenters. The number of carbonyl (C=O) groups is 1. The second-order valence-corrected chi connectivity index (χ2v) is 10.1. The fourth-order valence-electron chi connectivity index (χ4n) is 3.29. The zero-order valence-electron chi connectivity index (χ0n) is 16.3. The van der Waals surface area contributed by atoms with Crippen LogP contribution in [0.15, 0.2) is 56.5 Å². The summed E-state index contributed by atoms with van der Waals surface area (Å²) in [6.07, 6.45) is 0.139. The molecule has 8 nitrogen and oxygen atoms in total. The Kier molecular flexibility index (Phi) is 5.98. The molecule has 3 heterocycles. The van der Waals surface area contributed by atoms with Crippen LogP contribution in [0.3, 0.4) is 0 Å². The zero-order valence-corrected chi connectivity index (χ0v) is 17.9. The number of ether oxygens (including phenoxy) is 1. The number of hydrogen-bond donors (Lipinski definition) is 0. The molecule has 0 amide bonds. The van der Waals surface area contributed by atoms with Crippen molar-refractivity contribution in [3.8, 4) is 11.5 Å². The molecule has 1 unspecified atom stereocenters. The summed E-state index contributed by atoms with van der Waals surface area (Å²) in [5, 5.41) is 9.73. The van der Waals surface area contributed by atoms with Crippen LogP contribution in [0.1, 0.15) is 31.8 Å². The second-order valence-electron chi connectivity index (χ2n) is 7.00. The van der Waals surface area contributed by atoms with Gasteiger partial charge in [0.1, 0.15) is 4.21 Å². The number of hydrogen-bond acceptors (Lipinski definition) is 8. The fourth-order valence-corrected chi connectivity index (χ4v) is 5.90. The SMILES string of the molecule is CC(OC(=O)C1CCN(S(=O)(=O)c2cccs2)CC1)c1nnc(-c2ccccc2)o1. The molecular weight excluding hydrogens is 426 g/mol. The lowest BCUT2D eigenvalue weighted by atomic mass is 9.98. The summed E-state index contributed by atoms with van der Waals surface area (Å²) in [6.45, 7) is 2.25. The highest BCUT2D eigenvalue weighted by Crippen LogP contribution is 2.28. The molecular formula is C20H21N3O5S2. The Labute approximate surface area is 178 Å². The number of carbonyl (C=O) groups excluding carboxylic acids is 1. The van der Waals surface area contributed by atoms with Crippen LogP contribution in [0.5, 0.6) is 0 Å². The average Bonchev–Trinajstić information content (AvgIpc) is 3.47. The van der Waals surface area contributed by atoms with Crippen molar-refractivity contribution in [2.45, 2.75) is 30.1 Å². The highest BCUT2D eigenvalue weighted by atomic mass is 32.2. The van der Waals surface area contributed by atoms with E-state index in [-0.39, 0.29) is 30.9 Å². The first-order valence-electron chi connectivity index (χ1n) is 9.58. The summed E-state index contributed by atoms with van der Waals surface area (Å²) >= 11 is 1.19. The van der Waals surface area contributed by atoms with Crippen molar-refractivity contribution in [1.29, 1.82) is 0 Å². The van der Waals surface area contributed by atoms with Crippen molar-refractivity contribution >= 4 is 27.3 Å². The van der Waals surface area contributed by atoms with Crippen molar-refractivity contribution in [1.82, 2.24) is 14.5 Å². The van der Waals surface area contributed by atoms with Crippen LogP contribution >= 0.6 is 11.3 Å². The number of esters is 1. The molecule has 1 aliphatic rings. The van der Waals surface area contributed by atoms with Crippen molar-refractivity contribution < 1.29 is 22.4 Å². The molecule has 0 bridgehead atoms. The van der Waals surface area contributed by atoms with Crippen molar-refractivity contribution in [2.75, 3.05) is 13.1 Å². The van der Waals surface area contributed by atoms with E-state index in [4.69, 9.17) is 9.15 Å². The van der Waals surface area contributed by atoms with Gasteiger partial charge in [0.25, 0.3) is 15.9 Å². The van der Waals surface area contributed by atoms with Crippen LogP contribution in [0.2, 0.25) is 0 Å². The molecule has 1 saturated heterocycles. The van der Waals surface area contributed by atoms with E-state index in [9.17, 15) is 13.2 Å². The van der Waals surface area contributed by atoms with Crippen molar-refractivity contribution in [3.63, 3.8) is 0 Å². The van der Waals surface area contributed by atoms with Gasteiger partial charge in [0.05, 0.1) is 5.92 Å². The summed E-state index contributed by atoms with van der Waals surface area (Å²) in [4.78, 5) is 12.6. The van der Waals surface area contributed by atoms with E-state index in [1.54, 1.807) is 24.4 Å². The Morgan fingerprint density at radius 3 is 2.57 bits per heavy atom. The smallest absolute Gasteiger partial charge is 0.309 e. The minimum absolute atomic E-state index is 0.222. The lowest BCUT2D eigenvalue weighted by Crippen LogP contribution is -2.40. The lowest BCUT2D eigenvalue weighted by molar-refractivity contribution is -0.156. The number of piperidine rings is 1. The Hall–Kier alpha value is -2.56. The molecule has 1 fully saturated rings. The van der Waals surface area contributed by atoms with Gasteiger partial charge >= 0.3 is 5.97 Å². The first-order chi connectivity index (χ1) is 14.4. The standard InChI is InChI=1S/C20H21N3O5S2/c1-14(18-21-22-19(28-18)15-6-3-2-4-7-15)27-20(24)16-9-11-23(12-10-16)30(25,26)17-8-5-13-29-17/h2-8,13-14,16H,9-12H2,1H3. The van der Waals surface area contributed by atoms with E-state index in [2.05, 4.69) is 10.2 Å².